The summed E-state index contributed by atoms with van der Waals surface area (Å²) in [4.78, 5) is 39.4. The van der Waals surface area contributed by atoms with Crippen molar-refractivity contribution in [2.75, 3.05) is 33.3 Å². The van der Waals surface area contributed by atoms with E-state index in [0.29, 0.717) is 18.9 Å². The van der Waals surface area contributed by atoms with Crippen LogP contribution in [0.25, 0.3) is 6.08 Å². The van der Waals surface area contributed by atoms with E-state index in [1.807, 2.05) is 44.2 Å². The summed E-state index contributed by atoms with van der Waals surface area (Å²) in [6, 6.07) is 5.88. The molecule has 2 rings (SSSR count). The van der Waals surface area contributed by atoms with Crippen LogP contribution in [-0.2, 0) is 14.4 Å². The third-order valence-corrected chi connectivity index (χ3v) is 5.75. The maximum absolute atomic E-state index is 13.3. The van der Waals surface area contributed by atoms with E-state index in [1.165, 1.54) is 18.9 Å². The van der Waals surface area contributed by atoms with Gasteiger partial charge in [-0.1, -0.05) is 50.6 Å². The van der Waals surface area contributed by atoms with Gasteiger partial charge in [0.05, 0.1) is 18.7 Å². The third kappa shape index (κ3) is 7.57. The van der Waals surface area contributed by atoms with Crippen LogP contribution in [0.15, 0.2) is 30.3 Å². The average molecular weight is 461 g/mol. The van der Waals surface area contributed by atoms with Crippen molar-refractivity contribution in [3.63, 3.8) is 0 Å². The maximum Gasteiger partial charge on any atom is 0.245 e. The fourth-order valence-corrected chi connectivity index (χ4v) is 3.66. The smallest absolute Gasteiger partial charge is 0.245 e. The molecule has 1 aromatic carbocycles. The number of nitrogens with zero attached hydrogens (tertiary/aromatic N) is 1. The molecule has 0 radical (unpaired) electrons. The minimum absolute atomic E-state index is 0.00995. The van der Waals surface area contributed by atoms with Crippen molar-refractivity contribution < 1.29 is 24.2 Å². The second kappa shape index (κ2) is 13.0. The first-order valence-corrected chi connectivity index (χ1v) is 11.4. The SMILES string of the molecule is CCC(C)C1NCCOc2ccccc2/C=C/CNC(=O)CNC(=O)C(C(C)O)N(C)C1=O. The van der Waals surface area contributed by atoms with Crippen molar-refractivity contribution in [1.29, 1.82) is 0 Å². The van der Waals surface area contributed by atoms with Crippen molar-refractivity contribution in [2.45, 2.75) is 45.4 Å². The number of nitrogens with one attached hydrogen (secondary N) is 3. The largest absolute Gasteiger partial charge is 0.492 e. The van der Waals surface area contributed by atoms with E-state index < -0.39 is 24.1 Å². The number of likely N-dealkylation sites (N-methyl/N-ethyl adjacent to an activating group) is 1. The number of amides is 3. The van der Waals surface area contributed by atoms with Crippen LogP contribution >= 0.6 is 0 Å². The summed E-state index contributed by atoms with van der Waals surface area (Å²) in [6.07, 6.45) is 3.28. The molecule has 0 spiro atoms. The summed E-state index contributed by atoms with van der Waals surface area (Å²) in [7, 11) is 1.49. The molecule has 1 aliphatic rings. The number of hydrogen-bond acceptors (Lipinski definition) is 6. The Bertz CT molecular complexity index is 842. The zero-order chi connectivity index (χ0) is 24.4. The average Bonchev–Trinajstić information content (AvgIpc) is 2.79. The number of carbonyl (C=O) groups excluding carboxylic acids is 3. The highest BCUT2D eigenvalue weighted by Gasteiger charge is 2.35. The van der Waals surface area contributed by atoms with Crippen molar-refractivity contribution in [3.05, 3.63) is 35.9 Å². The van der Waals surface area contributed by atoms with Gasteiger partial charge >= 0.3 is 0 Å². The van der Waals surface area contributed by atoms with Crippen LogP contribution in [0.4, 0.5) is 0 Å². The molecule has 1 aliphatic heterocycles. The van der Waals surface area contributed by atoms with Gasteiger partial charge in [0, 0.05) is 25.7 Å². The van der Waals surface area contributed by atoms with Gasteiger partial charge < -0.3 is 30.7 Å². The Balaban J connectivity index is 2.29. The number of aliphatic hydroxyl groups is 1. The second-order valence-corrected chi connectivity index (χ2v) is 8.26. The highest BCUT2D eigenvalue weighted by molar-refractivity contribution is 5.92. The summed E-state index contributed by atoms with van der Waals surface area (Å²) < 4.78 is 5.92. The lowest BCUT2D eigenvalue weighted by atomic mass is 9.96. The predicted molar refractivity (Wildman–Crippen MR) is 126 cm³/mol. The summed E-state index contributed by atoms with van der Waals surface area (Å²) >= 11 is 0. The molecule has 182 valence electrons. The third-order valence-electron chi connectivity index (χ3n) is 5.75. The van der Waals surface area contributed by atoms with Gasteiger partial charge in [0.25, 0.3) is 0 Å². The summed E-state index contributed by atoms with van der Waals surface area (Å²) in [5.74, 6) is -0.583. The zero-order valence-electron chi connectivity index (χ0n) is 19.8. The summed E-state index contributed by atoms with van der Waals surface area (Å²) in [6.45, 7) is 6.17. The lowest BCUT2D eigenvalue weighted by Crippen LogP contribution is -2.59. The number of benzene rings is 1. The first-order valence-electron chi connectivity index (χ1n) is 11.4. The molecule has 9 nitrogen and oxygen atoms in total. The summed E-state index contributed by atoms with van der Waals surface area (Å²) in [5, 5.41) is 18.7. The minimum atomic E-state index is -1.12. The predicted octanol–water partition coefficient (Wildman–Crippen LogP) is 0.537. The quantitative estimate of drug-likeness (QED) is 0.523. The van der Waals surface area contributed by atoms with E-state index >= 15 is 0 Å². The van der Waals surface area contributed by atoms with Crippen molar-refractivity contribution in [2.24, 2.45) is 5.92 Å². The Hall–Kier alpha value is -2.91. The Labute approximate surface area is 195 Å². The lowest BCUT2D eigenvalue weighted by molar-refractivity contribution is -0.145. The topological polar surface area (TPSA) is 120 Å². The van der Waals surface area contributed by atoms with Crippen molar-refractivity contribution in [3.8, 4) is 5.75 Å². The fraction of sp³-hybridized carbons (Fsp3) is 0.542. The van der Waals surface area contributed by atoms with E-state index in [2.05, 4.69) is 16.0 Å². The van der Waals surface area contributed by atoms with Gasteiger partial charge in [-0.15, -0.1) is 0 Å². The Morgan fingerprint density at radius 3 is 2.61 bits per heavy atom. The van der Waals surface area contributed by atoms with E-state index in [4.69, 9.17) is 4.74 Å². The van der Waals surface area contributed by atoms with Crippen LogP contribution < -0.4 is 20.7 Å². The number of carbonyl (C=O) groups is 3. The molecule has 3 amide bonds. The second-order valence-electron chi connectivity index (χ2n) is 8.26. The van der Waals surface area contributed by atoms with Crippen LogP contribution in [0.1, 0.15) is 32.8 Å². The first-order chi connectivity index (χ1) is 15.8. The van der Waals surface area contributed by atoms with E-state index in [0.717, 1.165) is 12.0 Å². The number of fused-ring (bicyclic) bond motifs is 1. The van der Waals surface area contributed by atoms with E-state index in [-0.39, 0.29) is 30.8 Å². The zero-order valence-corrected chi connectivity index (χ0v) is 19.8. The molecule has 0 aliphatic carbocycles. The van der Waals surface area contributed by atoms with Gasteiger partial charge in [0.1, 0.15) is 18.4 Å². The van der Waals surface area contributed by atoms with Crippen molar-refractivity contribution >= 4 is 23.8 Å². The number of aliphatic hydroxyl groups excluding tert-OH is 1. The molecule has 33 heavy (non-hydrogen) atoms. The van der Waals surface area contributed by atoms with E-state index in [9.17, 15) is 19.5 Å². The molecular formula is C24H36N4O5. The molecule has 0 aromatic heterocycles. The Morgan fingerprint density at radius 2 is 1.91 bits per heavy atom. The van der Waals surface area contributed by atoms with Crippen LogP contribution in [0.2, 0.25) is 0 Å². The number of hydrogen-bond donors (Lipinski definition) is 4. The molecule has 1 heterocycles. The molecule has 4 N–H and O–H groups in total. The van der Waals surface area contributed by atoms with Gasteiger partial charge in [-0.25, -0.2) is 0 Å². The number of para-hydroxylation sites is 1. The Kier molecular flexibility index (Phi) is 10.3. The molecular weight excluding hydrogens is 424 g/mol. The molecule has 0 saturated heterocycles. The first kappa shape index (κ1) is 26.3. The van der Waals surface area contributed by atoms with Gasteiger partial charge in [0.15, 0.2) is 0 Å². The summed E-state index contributed by atoms with van der Waals surface area (Å²) in [5.41, 5.74) is 0.871. The van der Waals surface area contributed by atoms with Crippen molar-refractivity contribution in [1.82, 2.24) is 20.9 Å². The number of ether oxygens (including phenoxy) is 1. The molecule has 1 aromatic rings. The minimum Gasteiger partial charge on any atom is -0.492 e. The standard InChI is InChI=1S/C24H36N4O5/c1-5-16(2)21-24(32)28(4)22(17(3)29)23(31)27-15-20(30)25-12-8-10-18-9-6-7-11-19(18)33-14-13-26-21/h6-11,16-17,21-22,26,29H,5,12-15H2,1-4H3,(H,25,30)(H,27,31)/b10-8+. The highest BCUT2D eigenvalue weighted by Crippen LogP contribution is 2.19. The maximum atomic E-state index is 13.3. The van der Waals surface area contributed by atoms with Gasteiger partial charge in [0.2, 0.25) is 17.7 Å². The van der Waals surface area contributed by atoms with Crippen LogP contribution in [0.3, 0.4) is 0 Å². The Morgan fingerprint density at radius 1 is 1.18 bits per heavy atom. The highest BCUT2D eigenvalue weighted by atomic mass is 16.5. The normalized spacial score (nSPS) is 24.3. The lowest BCUT2D eigenvalue weighted by Gasteiger charge is -2.34. The van der Waals surface area contributed by atoms with Crippen LogP contribution in [0, 0.1) is 5.92 Å². The van der Waals surface area contributed by atoms with Gasteiger partial charge in [-0.2, -0.15) is 0 Å². The molecule has 0 fully saturated rings. The van der Waals surface area contributed by atoms with Crippen LogP contribution in [-0.4, -0.2) is 79.2 Å². The molecule has 9 heteroatoms. The van der Waals surface area contributed by atoms with Gasteiger partial charge in [-0.05, 0) is 18.9 Å². The van der Waals surface area contributed by atoms with Gasteiger partial charge in [-0.3, -0.25) is 14.4 Å². The monoisotopic (exact) mass is 460 g/mol. The number of rotatable bonds is 3. The van der Waals surface area contributed by atoms with E-state index in [1.54, 1.807) is 6.08 Å². The molecule has 0 bridgehead atoms. The fourth-order valence-electron chi connectivity index (χ4n) is 3.66. The molecule has 0 saturated carbocycles. The molecule has 4 unspecified atom stereocenters. The molecule has 4 atom stereocenters. The van der Waals surface area contributed by atoms with Crippen LogP contribution in [0.5, 0.6) is 5.75 Å².